The maximum atomic E-state index is 12.3. The van der Waals surface area contributed by atoms with E-state index in [9.17, 15) is 4.79 Å². The van der Waals surface area contributed by atoms with Crippen LogP contribution in [0.2, 0.25) is 0 Å². The van der Waals surface area contributed by atoms with Gasteiger partial charge in [0, 0.05) is 31.8 Å². The largest absolute Gasteiger partial charge is 0.370 e. The van der Waals surface area contributed by atoms with Crippen LogP contribution in [0.4, 0.5) is 11.5 Å². The summed E-state index contributed by atoms with van der Waals surface area (Å²) in [6.45, 7) is 3.21. The first kappa shape index (κ1) is 16.8. The molecule has 25 heavy (non-hydrogen) atoms. The number of hydrogen-bond donors (Lipinski definition) is 1. The minimum absolute atomic E-state index is 0.121. The molecule has 3 aliphatic rings. The third-order valence-electron chi connectivity index (χ3n) is 5.68. The molecule has 1 N–H and O–H groups in total. The minimum atomic E-state index is -0.349. The molecule has 0 radical (unpaired) electrons. The molecule has 1 aliphatic carbocycles. The molecule has 1 amide bonds. The molecule has 136 valence electrons. The van der Waals surface area contributed by atoms with E-state index in [0.717, 1.165) is 57.3 Å². The third-order valence-corrected chi connectivity index (χ3v) is 5.68. The van der Waals surface area contributed by atoms with Crippen LogP contribution in [0.3, 0.4) is 0 Å². The Morgan fingerprint density at radius 3 is 2.48 bits per heavy atom. The number of ether oxygens (including phenoxy) is 2. The van der Waals surface area contributed by atoms with Gasteiger partial charge in [0.15, 0.2) is 5.79 Å². The zero-order chi connectivity index (χ0) is 17.1. The Kier molecular flexibility index (Phi) is 4.90. The molecule has 4 rings (SSSR count). The van der Waals surface area contributed by atoms with Gasteiger partial charge in [0.2, 0.25) is 5.91 Å². The van der Waals surface area contributed by atoms with Crippen molar-refractivity contribution >= 4 is 17.4 Å². The highest BCUT2D eigenvalue weighted by Gasteiger charge is 2.39. The summed E-state index contributed by atoms with van der Waals surface area (Å²) in [7, 11) is 0. The van der Waals surface area contributed by atoms with Crippen molar-refractivity contribution in [2.75, 3.05) is 36.5 Å². The molecule has 0 aromatic carbocycles. The Bertz CT molecular complexity index is 582. The second-order valence-electron chi connectivity index (χ2n) is 7.32. The molecule has 6 heteroatoms. The van der Waals surface area contributed by atoms with Gasteiger partial charge in [-0.05, 0) is 25.0 Å². The van der Waals surface area contributed by atoms with Crippen LogP contribution < -0.4 is 10.2 Å². The van der Waals surface area contributed by atoms with E-state index in [0.29, 0.717) is 19.0 Å². The van der Waals surface area contributed by atoms with Crippen LogP contribution in [-0.2, 0) is 14.3 Å². The lowest BCUT2D eigenvalue weighted by atomic mass is 9.89. The molecule has 1 spiro atoms. The number of nitrogens with zero attached hydrogens (tertiary/aromatic N) is 2. The van der Waals surface area contributed by atoms with E-state index in [1.54, 1.807) is 0 Å². The summed E-state index contributed by atoms with van der Waals surface area (Å²) in [5, 5.41) is 2.97. The van der Waals surface area contributed by atoms with Crippen molar-refractivity contribution in [1.29, 1.82) is 0 Å². The van der Waals surface area contributed by atoms with E-state index in [4.69, 9.17) is 9.47 Å². The van der Waals surface area contributed by atoms with Gasteiger partial charge in [0.1, 0.15) is 5.82 Å². The lowest BCUT2D eigenvalue weighted by molar-refractivity contribution is -0.169. The molecule has 1 aromatic heterocycles. The van der Waals surface area contributed by atoms with Crippen LogP contribution in [-0.4, -0.2) is 43.0 Å². The van der Waals surface area contributed by atoms with Crippen LogP contribution in [0.25, 0.3) is 0 Å². The predicted molar refractivity (Wildman–Crippen MR) is 95.5 cm³/mol. The average Bonchev–Trinajstić information content (AvgIpc) is 3.12. The molecule has 6 nitrogen and oxygen atoms in total. The zero-order valence-electron chi connectivity index (χ0n) is 14.7. The Labute approximate surface area is 148 Å². The summed E-state index contributed by atoms with van der Waals surface area (Å²) >= 11 is 0. The van der Waals surface area contributed by atoms with Crippen LogP contribution in [0.1, 0.15) is 44.9 Å². The molecule has 3 heterocycles. The minimum Gasteiger partial charge on any atom is -0.370 e. The molecule has 0 atom stereocenters. The van der Waals surface area contributed by atoms with Crippen molar-refractivity contribution in [1.82, 2.24) is 4.98 Å². The van der Waals surface area contributed by atoms with Gasteiger partial charge in [-0.15, -0.1) is 0 Å². The number of hydrogen-bond acceptors (Lipinski definition) is 5. The van der Waals surface area contributed by atoms with Crippen molar-refractivity contribution in [2.24, 2.45) is 5.92 Å². The van der Waals surface area contributed by atoms with E-state index >= 15 is 0 Å². The van der Waals surface area contributed by atoms with Crippen LogP contribution >= 0.6 is 0 Å². The standard InChI is InChI=1S/C19H27N3O3/c23-18(15-4-2-1-3-5-15)21-17-7-6-16(14-20-17)22-10-8-19(9-11-22)24-12-13-25-19/h6-7,14-15H,1-5,8-13H2,(H,20,21,23). The number of nitrogens with one attached hydrogen (secondary N) is 1. The van der Waals surface area contributed by atoms with Crippen molar-refractivity contribution < 1.29 is 14.3 Å². The van der Waals surface area contributed by atoms with Gasteiger partial charge in [-0.2, -0.15) is 0 Å². The summed E-state index contributed by atoms with van der Waals surface area (Å²) in [6, 6.07) is 3.95. The van der Waals surface area contributed by atoms with E-state index < -0.39 is 0 Å². The Hall–Kier alpha value is -1.66. The van der Waals surface area contributed by atoms with Crippen LogP contribution in [0.15, 0.2) is 18.3 Å². The normalized spacial score (nSPS) is 23.8. The molecule has 0 unspecified atom stereocenters. The molecular formula is C19H27N3O3. The van der Waals surface area contributed by atoms with Gasteiger partial charge in [-0.1, -0.05) is 19.3 Å². The first-order valence-electron chi connectivity index (χ1n) is 9.54. The second-order valence-corrected chi connectivity index (χ2v) is 7.32. The number of amides is 1. The highest BCUT2D eigenvalue weighted by atomic mass is 16.7. The Morgan fingerprint density at radius 2 is 1.84 bits per heavy atom. The van der Waals surface area contributed by atoms with Crippen molar-refractivity contribution in [3.63, 3.8) is 0 Å². The monoisotopic (exact) mass is 345 g/mol. The lowest BCUT2D eigenvalue weighted by Gasteiger charge is -2.38. The molecule has 3 fully saturated rings. The quantitative estimate of drug-likeness (QED) is 0.912. The molecule has 0 bridgehead atoms. The SMILES string of the molecule is O=C(Nc1ccc(N2CCC3(CC2)OCCO3)cn1)C1CCCCC1. The van der Waals surface area contributed by atoms with E-state index in [1.807, 2.05) is 18.3 Å². The average molecular weight is 345 g/mol. The fourth-order valence-electron chi connectivity index (χ4n) is 4.13. The molecule has 2 aliphatic heterocycles. The number of pyridine rings is 1. The maximum absolute atomic E-state index is 12.3. The van der Waals surface area contributed by atoms with E-state index in [2.05, 4.69) is 15.2 Å². The summed E-state index contributed by atoms with van der Waals surface area (Å²) in [5.41, 5.74) is 1.09. The molecule has 2 saturated heterocycles. The lowest BCUT2D eigenvalue weighted by Crippen LogP contribution is -2.45. The number of piperidine rings is 1. The Balaban J connectivity index is 1.32. The molecule has 1 aromatic rings. The number of anilines is 2. The second kappa shape index (κ2) is 7.30. The topological polar surface area (TPSA) is 63.7 Å². The summed E-state index contributed by atoms with van der Waals surface area (Å²) < 4.78 is 11.5. The van der Waals surface area contributed by atoms with Gasteiger partial charge in [-0.3, -0.25) is 4.79 Å². The first-order valence-corrected chi connectivity index (χ1v) is 9.54. The maximum Gasteiger partial charge on any atom is 0.228 e. The smallest absolute Gasteiger partial charge is 0.228 e. The number of carbonyl (C=O) groups excluding carboxylic acids is 1. The predicted octanol–water partition coefficient (Wildman–Crippen LogP) is 2.94. The summed E-state index contributed by atoms with van der Waals surface area (Å²) in [6.07, 6.45) is 9.20. The number of rotatable bonds is 3. The van der Waals surface area contributed by atoms with Gasteiger partial charge < -0.3 is 19.7 Å². The zero-order valence-corrected chi connectivity index (χ0v) is 14.7. The fourth-order valence-corrected chi connectivity index (χ4v) is 4.13. The van der Waals surface area contributed by atoms with Gasteiger partial charge in [0.05, 0.1) is 25.1 Å². The van der Waals surface area contributed by atoms with Crippen molar-refractivity contribution in [3.8, 4) is 0 Å². The molecule has 1 saturated carbocycles. The van der Waals surface area contributed by atoms with Crippen LogP contribution in [0, 0.1) is 5.92 Å². The third kappa shape index (κ3) is 3.80. The fraction of sp³-hybridized carbons (Fsp3) is 0.684. The summed E-state index contributed by atoms with van der Waals surface area (Å²) in [5.74, 6) is 0.572. The number of aromatic nitrogens is 1. The van der Waals surface area contributed by atoms with Gasteiger partial charge >= 0.3 is 0 Å². The first-order chi connectivity index (χ1) is 12.2. The molecular weight excluding hydrogens is 318 g/mol. The van der Waals surface area contributed by atoms with E-state index in [1.165, 1.54) is 6.42 Å². The summed E-state index contributed by atoms with van der Waals surface area (Å²) in [4.78, 5) is 19.1. The van der Waals surface area contributed by atoms with E-state index in [-0.39, 0.29) is 17.6 Å². The van der Waals surface area contributed by atoms with Gasteiger partial charge in [-0.25, -0.2) is 4.98 Å². The highest BCUT2D eigenvalue weighted by Crippen LogP contribution is 2.33. The van der Waals surface area contributed by atoms with Crippen LogP contribution in [0.5, 0.6) is 0 Å². The highest BCUT2D eigenvalue weighted by molar-refractivity contribution is 5.91. The Morgan fingerprint density at radius 1 is 1.12 bits per heavy atom. The van der Waals surface area contributed by atoms with Crippen molar-refractivity contribution in [2.45, 2.75) is 50.7 Å². The number of carbonyl (C=O) groups is 1. The van der Waals surface area contributed by atoms with Gasteiger partial charge in [0.25, 0.3) is 0 Å². The van der Waals surface area contributed by atoms with Crippen molar-refractivity contribution in [3.05, 3.63) is 18.3 Å².